The highest BCUT2D eigenvalue weighted by Gasteiger charge is 2.24. The van der Waals surface area contributed by atoms with E-state index in [4.69, 9.17) is 0 Å². The molecule has 0 amide bonds. The Kier molecular flexibility index (Phi) is 7.06. The van der Waals surface area contributed by atoms with Gasteiger partial charge in [0.05, 0.1) is 6.10 Å². The molecule has 0 fully saturated rings. The predicted molar refractivity (Wildman–Crippen MR) is 99.5 cm³/mol. The molecule has 1 heterocycles. The van der Waals surface area contributed by atoms with Gasteiger partial charge in [-0.3, -0.25) is 4.98 Å². The number of aliphatic hydroxyl groups excluding tert-OH is 1. The van der Waals surface area contributed by atoms with E-state index >= 15 is 0 Å². The maximum atomic E-state index is 13.3. The third kappa shape index (κ3) is 6.07. The second-order valence-electron chi connectivity index (χ2n) is 5.87. The number of aliphatic hydroxyl groups is 1. The zero-order valence-electron chi connectivity index (χ0n) is 13.4. The van der Waals surface area contributed by atoms with Crippen molar-refractivity contribution in [3.63, 3.8) is 0 Å². The van der Waals surface area contributed by atoms with Crippen LogP contribution in [0.1, 0.15) is 23.6 Å². The van der Waals surface area contributed by atoms with E-state index in [1.807, 2.05) is 30.3 Å². The van der Waals surface area contributed by atoms with E-state index in [2.05, 4.69) is 32.9 Å². The Balaban J connectivity index is 1.81. The van der Waals surface area contributed by atoms with Crippen molar-refractivity contribution in [2.24, 2.45) is 0 Å². The number of hydrogen-bond acceptors (Lipinski definition) is 3. The largest absolute Gasteiger partial charge is 0.391 e. The third-order valence-corrected chi connectivity index (χ3v) is 4.95. The van der Waals surface area contributed by atoms with E-state index in [1.165, 1.54) is 17.8 Å². The molecule has 6 heteroatoms. The van der Waals surface area contributed by atoms with Gasteiger partial charge in [-0.15, -0.1) is 0 Å². The van der Waals surface area contributed by atoms with Crippen LogP contribution >= 0.6 is 22.6 Å². The summed E-state index contributed by atoms with van der Waals surface area (Å²) < 4.78 is 26.7. The molecule has 0 aliphatic carbocycles. The molecule has 24 heavy (non-hydrogen) atoms. The lowest BCUT2D eigenvalue weighted by atomic mass is 10.1. The van der Waals surface area contributed by atoms with Crippen LogP contribution in [-0.4, -0.2) is 26.7 Å². The van der Waals surface area contributed by atoms with E-state index in [-0.39, 0.29) is 9.49 Å². The van der Waals surface area contributed by atoms with Gasteiger partial charge in [0.15, 0.2) is 0 Å². The third-order valence-electron chi connectivity index (χ3n) is 3.68. The molecule has 1 aromatic carbocycles. The fourth-order valence-electron chi connectivity index (χ4n) is 2.29. The minimum Gasteiger partial charge on any atom is -0.391 e. The first-order valence-corrected chi connectivity index (χ1v) is 9.00. The smallest absolute Gasteiger partial charge is 0.272 e. The molecule has 0 radical (unpaired) electrons. The van der Waals surface area contributed by atoms with Gasteiger partial charge in [0.1, 0.15) is 0 Å². The van der Waals surface area contributed by atoms with E-state index in [0.29, 0.717) is 18.7 Å². The maximum absolute atomic E-state index is 13.3. The van der Waals surface area contributed by atoms with Crippen molar-refractivity contribution >= 4 is 22.6 Å². The van der Waals surface area contributed by atoms with Gasteiger partial charge in [-0.1, -0.05) is 52.9 Å². The Morgan fingerprint density at radius 3 is 2.58 bits per heavy atom. The van der Waals surface area contributed by atoms with E-state index in [0.717, 1.165) is 13.3 Å². The molecule has 130 valence electrons. The zero-order chi connectivity index (χ0) is 17.6. The first-order chi connectivity index (χ1) is 11.4. The number of rotatable bonds is 8. The Labute approximate surface area is 154 Å². The summed E-state index contributed by atoms with van der Waals surface area (Å²) in [4.78, 5) is 3.86. The topological polar surface area (TPSA) is 45.2 Å². The highest BCUT2D eigenvalue weighted by molar-refractivity contribution is 14.1. The summed E-state index contributed by atoms with van der Waals surface area (Å²) in [6, 6.07) is 11.4. The summed E-state index contributed by atoms with van der Waals surface area (Å²) in [5, 5.41) is 13.3. The highest BCUT2D eigenvalue weighted by atomic mass is 127. The van der Waals surface area contributed by atoms with Crippen molar-refractivity contribution < 1.29 is 13.9 Å². The lowest BCUT2D eigenvalue weighted by Crippen LogP contribution is -2.34. The van der Waals surface area contributed by atoms with Gasteiger partial charge in [0.25, 0.3) is 5.92 Å². The SMILES string of the molecule is CC(F)(F)c1cncc(CNC[C@@H](O)[C@@H](I)Cc2ccccc2)c1. The van der Waals surface area contributed by atoms with Crippen LogP contribution in [-0.2, 0) is 18.9 Å². The molecular weight excluding hydrogens is 425 g/mol. The van der Waals surface area contributed by atoms with Crippen LogP contribution in [0.15, 0.2) is 48.8 Å². The molecular formula is C18H21F2IN2O. The summed E-state index contributed by atoms with van der Waals surface area (Å²) in [5.41, 5.74) is 1.76. The van der Waals surface area contributed by atoms with Crippen molar-refractivity contribution in [2.45, 2.75) is 35.8 Å². The molecule has 0 unspecified atom stereocenters. The van der Waals surface area contributed by atoms with Crippen LogP contribution in [0.5, 0.6) is 0 Å². The van der Waals surface area contributed by atoms with Gasteiger partial charge in [0, 0.05) is 41.9 Å². The molecule has 0 spiro atoms. The second kappa shape index (κ2) is 8.82. The quantitative estimate of drug-likeness (QED) is 0.481. The Morgan fingerprint density at radius 1 is 1.21 bits per heavy atom. The lowest BCUT2D eigenvalue weighted by Gasteiger charge is -2.18. The number of halogens is 3. The molecule has 2 atom stereocenters. The number of hydrogen-bond donors (Lipinski definition) is 2. The minimum absolute atomic E-state index is 0.0712. The van der Waals surface area contributed by atoms with Gasteiger partial charge < -0.3 is 10.4 Å². The van der Waals surface area contributed by atoms with E-state index in [9.17, 15) is 13.9 Å². The average molecular weight is 446 g/mol. The standard InChI is InChI=1S/C18H21F2IN2O/c1-18(19,20)15-7-14(9-22-11-15)10-23-12-17(24)16(21)8-13-5-3-2-4-6-13/h2-7,9,11,16-17,23-24H,8,10,12H2,1H3/t16-,17+/m0/s1. The Morgan fingerprint density at radius 2 is 1.92 bits per heavy atom. The summed E-state index contributed by atoms with van der Waals surface area (Å²) in [6.45, 7) is 1.64. The van der Waals surface area contributed by atoms with Crippen LogP contribution in [0.4, 0.5) is 8.78 Å². The van der Waals surface area contributed by atoms with E-state index in [1.54, 1.807) is 6.20 Å². The summed E-state index contributed by atoms with van der Waals surface area (Å²) in [5.74, 6) is -2.90. The van der Waals surface area contributed by atoms with Gasteiger partial charge in [0.2, 0.25) is 0 Å². The van der Waals surface area contributed by atoms with Crippen molar-refractivity contribution in [2.75, 3.05) is 6.54 Å². The number of pyridine rings is 1. The monoisotopic (exact) mass is 446 g/mol. The molecule has 0 bridgehead atoms. The van der Waals surface area contributed by atoms with Crippen molar-refractivity contribution in [3.8, 4) is 0 Å². The minimum atomic E-state index is -2.90. The summed E-state index contributed by atoms with van der Waals surface area (Å²) in [7, 11) is 0. The average Bonchev–Trinajstić information content (AvgIpc) is 2.55. The Bertz CT molecular complexity index is 634. The predicted octanol–water partition coefficient (Wildman–Crippen LogP) is 3.69. The summed E-state index contributed by atoms with van der Waals surface area (Å²) in [6.07, 6.45) is 3.00. The zero-order valence-corrected chi connectivity index (χ0v) is 15.6. The second-order valence-corrected chi connectivity index (χ2v) is 7.47. The number of aromatic nitrogens is 1. The fourth-order valence-corrected chi connectivity index (χ4v) is 3.05. The van der Waals surface area contributed by atoms with Gasteiger partial charge in [-0.25, -0.2) is 8.78 Å². The first kappa shape index (κ1) is 19.2. The Hall–Kier alpha value is -1.12. The lowest BCUT2D eigenvalue weighted by molar-refractivity contribution is 0.0170. The van der Waals surface area contributed by atoms with Gasteiger partial charge >= 0.3 is 0 Å². The van der Waals surface area contributed by atoms with Crippen LogP contribution in [0.3, 0.4) is 0 Å². The number of alkyl halides is 3. The molecule has 0 aliphatic rings. The molecule has 3 nitrogen and oxygen atoms in total. The number of nitrogens with one attached hydrogen (secondary N) is 1. The van der Waals surface area contributed by atoms with Crippen LogP contribution in [0.2, 0.25) is 0 Å². The molecule has 0 saturated carbocycles. The molecule has 2 N–H and O–H groups in total. The molecule has 2 rings (SSSR count). The highest BCUT2D eigenvalue weighted by Crippen LogP contribution is 2.26. The molecule has 0 aliphatic heterocycles. The van der Waals surface area contributed by atoms with Crippen LogP contribution < -0.4 is 5.32 Å². The van der Waals surface area contributed by atoms with Gasteiger partial charge in [-0.05, 0) is 23.6 Å². The van der Waals surface area contributed by atoms with E-state index < -0.39 is 12.0 Å². The normalized spacial score (nSPS) is 14.4. The number of nitrogens with zero attached hydrogens (tertiary/aromatic N) is 1. The molecule has 1 aromatic heterocycles. The van der Waals surface area contributed by atoms with Crippen molar-refractivity contribution in [1.82, 2.24) is 10.3 Å². The first-order valence-electron chi connectivity index (χ1n) is 7.75. The number of benzene rings is 1. The fraction of sp³-hybridized carbons (Fsp3) is 0.389. The maximum Gasteiger partial charge on any atom is 0.272 e. The molecule has 0 saturated heterocycles. The van der Waals surface area contributed by atoms with Crippen molar-refractivity contribution in [3.05, 3.63) is 65.5 Å². The van der Waals surface area contributed by atoms with Crippen LogP contribution in [0, 0.1) is 0 Å². The molecule has 2 aromatic rings. The summed E-state index contributed by atoms with van der Waals surface area (Å²) >= 11 is 2.24. The van der Waals surface area contributed by atoms with Crippen molar-refractivity contribution in [1.29, 1.82) is 0 Å². The van der Waals surface area contributed by atoms with Gasteiger partial charge in [-0.2, -0.15) is 0 Å². The van der Waals surface area contributed by atoms with Crippen LogP contribution in [0.25, 0.3) is 0 Å².